The van der Waals surface area contributed by atoms with Crippen LogP contribution in [0.3, 0.4) is 0 Å². The van der Waals surface area contributed by atoms with E-state index in [1.807, 2.05) is 20.1 Å². The number of carbonyl (C=O) groups is 6. The first-order valence-electron chi connectivity index (χ1n) is 11.2. The van der Waals surface area contributed by atoms with Crippen LogP contribution in [0.2, 0.25) is 0 Å². The number of nitrogens with one attached hydrogen (secondary N) is 3. The van der Waals surface area contributed by atoms with Gasteiger partial charge in [-0.2, -0.15) is 11.8 Å². The van der Waals surface area contributed by atoms with Gasteiger partial charge in [0, 0.05) is 12.8 Å². The lowest BCUT2D eigenvalue weighted by Crippen LogP contribution is -2.57. The zero-order valence-electron chi connectivity index (χ0n) is 20.2. The van der Waals surface area contributed by atoms with E-state index in [0.717, 1.165) is 0 Å². The summed E-state index contributed by atoms with van der Waals surface area (Å²) < 4.78 is 0. The lowest BCUT2D eigenvalue weighted by Gasteiger charge is -2.26. The highest BCUT2D eigenvalue weighted by atomic mass is 32.2. The molecule has 4 unspecified atom stereocenters. The summed E-state index contributed by atoms with van der Waals surface area (Å²) in [6.07, 6.45) is 1.08. The molecule has 0 aliphatic carbocycles. The number of hydrogen-bond donors (Lipinski definition) is 7. The average Bonchev–Trinajstić information content (AvgIpc) is 2.75. The van der Waals surface area contributed by atoms with Crippen molar-refractivity contribution in [3.63, 3.8) is 0 Å². The summed E-state index contributed by atoms with van der Waals surface area (Å²) in [7, 11) is 0. The van der Waals surface area contributed by atoms with E-state index in [1.165, 1.54) is 11.8 Å². The van der Waals surface area contributed by atoms with E-state index < -0.39 is 66.2 Å². The van der Waals surface area contributed by atoms with Crippen LogP contribution >= 0.6 is 11.8 Å². The van der Waals surface area contributed by atoms with E-state index in [9.17, 15) is 33.9 Å². The molecule has 35 heavy (non-hydrogen) atoms. The standard InChI is InChI=1S/C21H37N5O8S/c1-11(2)10-15(26-18(30)12(22)8-9-35-3)20(32)24-13(5-7-17(28)29)19(31)25-14(21(33)34)4-6-16(23)27/h11-15H,4-10,22H2,1-3H3,(H2,23,27)(H,24,32)(H,25,31)(H,26,30)(H,28,29)(H,33,34). The fourth-order valence-electron chi connectivity index (χ4n) is 2.98. The third-order valence-electron chi connectivity index (χ3n) is 4.88. The Bertz CT molecular complexity index is 764. The molecule has 200 valence electrons. The van der Waals surface area contributed by atoms with Crippen molar-refractivity contribution in [2.75, 3.05) is 12.0 Å². The van der Waals surface area contributed by atoms with Gasteiger partial charge in [-0.3, -0.25) is 24.0 Å². The molecule has 0 saturated carbocycles. The van der Waals surface area contributed by atoms with Crippen molar-refractivity contribution in [2.45, 2.75) is 76.5 Å². The SMILES string of the molecule is CSCCC(N)C(=O)NC(CC(C)C)C(=O)NC(CCC(=O)O)C(=O)NC(CCC(N)=O)C(=O)O. The van der Waals surface area contributed by atoms with Crippen LogP contribution in [-0.2, 0) is 28.8 Å². The highest BCUT2D eigenvalue weighted by Crippen LogP contribution is 2.09. The Hall–Kier alpha value is -2.87. The summed E-state index contributed by atoms with van der Waals surface area (Å²) in [5.74, 6) is -5.01. The first-order chi connectivity index (χ1) is 16.3. The van der Waals surface area contributed by atoms with Gasteiger partial charge in [0.05, 0.1) is 6.04 Å². The Morgan fingerprint density at radius 1 is 0.800 bits per heavy atom. The topological polar surface area (TPSA) is 231 Å². The molecule has 0 aromatic carbocycles. The smallest absolute Gasteiger partial charge is 0.326 e. The number of carbonyl (C=O) groups excluding carboxylic acids is 4. The quantitative estimate of drug-likeness (QED) is 0.114. The monoisotopic (exact) mass is 519 g/mol. The van der Waals surface area contributed by atoms with E-state index in [1.54, 1.807) is 0 Å². The molecule has 0 aromatic heterocycles. The molecule has 0 spiro atoms. The lowest BCUT2D eigenvalue weighted by atomic mass is 10.0. The Morgan fingerprint density at radius 3 is 1.80 bits per heavy atom. The molecule has 0 bridgehead atoms. The van der Waals surface area contributed by atoms with Gasteiger partial charge >= 0.3 is 11.9 Å². The van der Waals surface area contributed by atoms with Crippen LogP contribution < -0.4 is 27.4 Å². The van der Waals surface area contributed by atoms with Gasteiger partial charge in [-0.05, 0) is 43.6 Å². The van der Waals surface area contributed by atoms with E-state index in [-0.39, 0.29) is 31.6 Å². The van der Waals surface area contributed by atoms with Gasteiger partial charge in [-0.15, -0.1) is 0 Å². The molecule has 9 N–H and O–H groups in total. The van der Waals surface area contributed by atoms with E-state index in [2.05, 4.69) is 16.0 Å². The molecule has 4 amide bonds. The van der Waals surface area contributed by atoms with E-state index >= 15 is 0 Å². The van der Waals surface area contributed by atoms with Crippen molar-refractivity contribution in [2.24, 2.45) is 17.4 Å². The molecule has 14 heteroatoms. The van der Waals surface area contributed by atoms with Crippen molar-refractivity contribution >= 4 is 47.3 Å². The maximum absolute atomic E-state index is 13.0. The zero-order valence-corrected chi connectivity index (χ0v) is 21.1. The number of carboxylic acids is 2. The average molecular weight is 520 g/mol. The van der Waals surface area contributed by atoms with Crippen molar-refractivity contribution in [3.05, 3.63) is 0 Å². The molecule has 0 rings (SSSR count). The van der Waals surface area contributed by atoms with Gasteiger partial charge in [-0.25, -0.2) is 4.79 Å². The van der Waals surface area contributed by atoms with E-state index in [4.69, 9.17) is 16.6 Å². The Labute approximate surface area is 208 Å². The van der Waals surface area contributed by atoms with Crippen molar-refractivity contribution in [3.8, 4) is 0 Å². The van der Waals surface area contributed by atoms with Gasteiger partial charge in [-0.1, -0.05) is 13.8 Å². The summed E-state index contributed by atoms with van der Waals surface area (Å²) in [6, 6.07) is -4.75. The Morgan fingerprint density at radius 2 is 1.31 bits per heavy atom. The first-order valence-corrected chi connectivity index (χ1v) is 12.6. The Balaban J connectivity index is 5.54. The van der Waals surface area contributed by atoms with Crippen LogP contribution in [0.5, 0.6) is 0 Å². The van der Waals surface area contributed by atoms with Crippen LogP contribution in [0.4, 0.5) is 0 Å². The molecule has 0 saturated heterocycles. The largest absolute Gasteiger partial charge is 0.481 e. The second kappa shape index (κ2) is 16.7. The molecule has 0 radical (unpaired) electrons. The maximum Gasteiger partial charge on any atom is 0.326 e. The maximum atomic E-state index is 13.0. The number of hydrogen-bond acceptors (Lipinski definition) is 8. The highest BCUT2D eigenvalue weighted by Gasteiger charge is 2.31. The summed E-state index contributed by atoms with van der Waals surface area (Å²) in [5.41, 5.74) is 10.9. The lowest BCUT2D eigenvalue weighted by molar-refractivity contribution is -0.143. The molecule has 0 fully saturated rings. The molecule has 0 aliphatic rings. The summed E-state index contributed by atoms with van der Waals surface area (Å²) >= 11 is 1.52. The fraction of sp³-hybridized carbons (Fsp3) is 0.714. The van der Waals surface area contributed by atoms with E-state index in [0.29, 0.717) is 12.2 Å². The number of aliphatic carboxylic acids is 2. The molecule has 0 aromatic rings. The van der Waals surface area contributed by atoms with Gasteiger partial charge in [0.15, 0.2) is 0 Å². The molecular weight excluding hydrogens is 482 g/mol. The van der Waals surface area contributed by atoms with Crippen molar-refractivity contribution in [1.82, 2.24) is 16.0 Å². The summed E-state index contributed by atoms with van der Waals surface area (Å²) in [5, 5.41) is 25.5. The number of nitrogens with two attached hydrogens (primary N) is 2. The minimum atomic E-state index is -1.47. The minimum Gasteiger partial charge on any atom is -0.481 e. The second-order valence-corrected chi connectivity index (χ2v) is 9.46. The zero-order chi connectivity index (χ0) is 27.1. The van der Waals surface area contributed by atoms with Crippen LogP contribution in [0.15, 0.2) is 0 Å². The predicted octanol–water partition coefficient (Wildman–Crippen LogP) is -1.22. The Kier molecular flexibility index (Phi) is 15.3. The number of primary amides is 1. The number of thioether (sulfide) groups is 1. The van der Waals surface area contributed by atoms with Crippen LogP contribution in [0.25, 0.3) is 0 Å². The first kappa shape index (κ1) is 32.1. The molecule has 0 aliphatic heterocycles. The van der Waals surface area contributed by atoms with Crippen LogP contribution in [0.1, 0.15) is 52.4 Å². The molecule has 4 atom stereocenters. The fourth-order valence-corrected chi connectivity index (χ4v) is 3.47. The number of carboxylic acid groups (broad SMARTS) is 2. The normalized spacial score (nSPS) is 14.3. The number of rotatable bonds is 18. The summed E-state index contributed by atoms with van der Waals surface area (Å²) in [6.45, 7) is 3.65. The van der Waals surface area contributed by atoms with Gasteiger partial charge < -0.3 is 37.6 Å². The molecular formula is C21H37N5O8S. The molecule has 13 nitrogen and oxygen atoms in total. The minimum absolute atomic E-state index is 0.0232. The third kappa shape index (κ3) is 14.2. The highest BCUT2D eigenvalue weighted by molar-refractivity contribution is 7.98. The second-order valence-electron chi connectivity index (χ2n) is 8.48. The van der Waals surface area contributed by atoms with Gasteiger partial charge in [0.25, 0.3) is 0 Å². The van der Waals surface area contributed by atoms with Gasteiger partial charge in [0.1, 0.15) is 18.1 Å². The molecule has 0 heterocycles. The third-order valence-corrected chi connectivity index (χ3v) is 5.53. The van der Waals surface area contributed by atoms with Crippen molar-refractivity contribution < 1.29 is 39.0 Å². The summed E-state index contributed by atoms with van der Waals surface area (Å²) in [4.78, 5) is 71.6. The van der Waals surface area contributed by atoms with Crippen molar-refractivity contribution in [1.29, 1.82) is 0 Å². The van der Waals surface area contributed by atoms with Crippen LogP contribution in [-0.4, -0.2) is 82.0 Å². The van der Waals surface area contributed by atoms with Crippen LogP contribution in [0, 0.1) is 5.92 Å². The predicted molar refractivity (Wildman–Crippen MR) is 129 cm³/mol. The van der Waals surface area contributed by atoms with Gasteiger partial charge in [0.2, 0.25) is 23.6 Å². The number of amides is 4.